The molecule has 7 N–H and O–H groups in total. The predicted molar refractivity (Wildman–Crippen MR) is 231 cm³/mol. The van der Waals surface area contributed by atoms with E-state index in [1.165, 1.54) is 12.3 Å². The van der Waals surface area contributed by atoms with Crippen molar-refractivity contribution in [1.82, 2.24) is 40.5 Å². The summed E-state index contributed by atoms with van der Waals surface area (Å²) in [7, 11) is -1.48. The maximum absolute atomic E-state index is 12.2. The lowest BCUT2D eigenvalue weighted by atomic mass is 9.88. The third-order valence-electron chi connectivity index (χ3n) is 9.02. The minimum atomic E-state index is -1.48. The number of nitrogens with zero attached hydrogens (tertiary/aromatic N) is 7. The van der Waals surface area contributed by atoms with Gasteiger partial charge in [0.1, 0.15) is 40.2 Å². The number of likely N-dealkylation sites (tertiary alicyclic amines) is 1. The Morgan fingerprint density at radius 3 is 1.95 bits per heavy atom. The average Bonchev–Trinajstić information content (AvgIpc) is 4.08. The first kappa shape index (κ1) is 44.6. The summed E-state index contributed by atoms with van der Waals surface area (Å²) in [5.74, 6) is 5.61. The van der Waals surface area contributed by atoms with Gasteiger partial charge in [-0.2, -0.15) is 9.97 Å². The van der Waals surface area contributed by atoms with E-state index in [0.717, 1.165) is 66.1 Å². The molecule has 20 nitrogen and oxygen atoms in total. The SMILES string of the molecule is Cc1cc(Nc2ncc(-c3ccco3)c(NC3CCNCC3)n2)no1.Cc1cc(Nc2ncc(Br)c(NC3CCN(C(=O)OC(C)(C)C)CC3)n2)no1.OB(O)c1ccco1. The Bertz CT molecular complexity index is 2250. The van der Waals surface area contributed by atoms with Gasteiger partial charge in [0.15, 0.2) is 11.6 Å². The number of anilines is 6. The van der Waals surface area contributed by atoms with E-state index < -0.39 is 12.7 Å². The van der Waals surface area contributed by atoms with Crippen LogP contribution in [0.4, 0.5) is 40.0 Å². The number of amides is 1. The molecule has 0 aromatic carbocycles. The normalized spacial score (nSPS) is 14.5. The third-order valence-corrected chi connectivity index (χ3v) is 9.60. The number of furan rings is 2. The number of carbonyl (C=O) groups is 1. The Morgan fingerprint density at radius 2 is 1.43 bits per heavy atom. The zero-order valence-corrected chi connectivity index (χ0v) is 36.1. The summed E-state index contributed by atoms with van der Waals surface area (Å²) in [6.07, 6.45) is 9.92. The number of piperidine rings is 2. The number of hydrogen-bond acceptors (Lipinski definition) is 19. The van der Waals surface area contributed by atoms with Crippen LogP contribution in [-0.4, -0.2) is 102 Å². The van der Waals surface area contributed by atoms with Gasteiger partial charge >= 0.3 is 13.2 Å². The summed E-state index contributed by atoms with van der Waals surface area (Å²) in [6, 6.07) is 11.0. The molecule has 0 bridgehead atoms. The fourth-order valence-corrected chi connectivity index (χ4v) is 6.40. The van der Waals surface area contributed by atoms with E-state index in [-0.39, 0.29) is 17.8 Å². The molecule has 2 saturated heterocycles. The van der Waals surface area contributed by atoms with Crippen LogP contribution in [0.25, 0.3) is 11.3 Å². The maximum Gasteiger partial charge on any atom is 0.526 e. The second kappa shape index (κ2) is 21.0. The minimum Gasteiger partial charge on any atom is -0.473 e. The zero-order chi connectivity index (χ0) is 43.4. The first-order chi connectivity index (χ1) is 29.3. The van der Waals surface area contributed by atoms with Crippen LogP contribution in [0, 0.1) is 13.8 Å². The Labute approximate surface area is 360 Å². The molecule has 0 aliphatic carbocycles. The van der Waals surface area contributed by atoms with Crippen molar-refractivity contribution in [3.05, 3.63) is 77.3 Å². The minimum absolute atomic E-state index is 0.171. The maximum atomic E-state index is 12.2. The number of aromatic nitrogens is 6. The second-order valence-electron chi connectivity index (χ2n) is 15.2. The van der Waals surface area contributed by atoms with Crippen LogP contribution < -0.4 is 32.2 Å². The highest BCUT2D eigenvalue weighted by Gasteiger charge is 2.27. The van der Waals surface area contributed by atoms with Crippen molar-refractivity contribution >= 4 is 70.0 Å². The number of aryl methyl sites for hydroxylation is 2. The molecule has 8 rings (SSSR count). The third kappa shape index (κ3) is 13.8. The van der Waals surface area contributed by atoms with Gasteiger partial charge in [0.05, 0.1) is 22.6 Å². The van der Waals surface area contributed by atoms with Gasteiger partial charge in [0.25, 0.3) is 0 Å². The van der Waals surface area contributed by atoms with Crippen LogP contribution in [0.1, 0.15) is 58.0 Å². The van der Waals surface area contributed by atoms with Crippen molar-refractivity contribution in [2.45, 2.75) is 78.0 Å². The summed E-state index contributed by atoms with van der Waals surface area (Å²) < 4.78 is 26.4. The zero-order valence-electron chi connectivity index (χ0n) is 34.5. The van der Waals surface area contributed by atoms with Gasteiger partial charge in [-0.1, -0.05) is 10.3 Å². The van der Waals surface area contributed by atoms with Gasteiger partial charge < -0.3 is 64.1 Å². The molecule has 0 saturated carbocycles. The molecule has 0 radical (unpaired) electrons. The molecule has 61 heavy (non-hydrogen) atoms. The van der Waals surface area contributed by atoms with Crippen LogP contribution in [0.5, 0.6) is 0 Å². The van der Waals surface area contributed by atoms with Crippen LogP contribution in [-0.2, 0) is 4.74 Å². The summed E-state index contributed by atoms with van der Waals surface area (Å²) >= 11 is 3.48. The number of nitrogens with one attached hydrogen (secondary N) is 5. The molecule has 0 unspecified atom stereocenters. The van der Waals surface area contributed by atoms with Gasteiger partial charge in [0, 0.05) is 49.7 Å². The molecular formula is C39H50BBrN12O8. The number of carbonyl (C=O) groups excluding carboxylic acids is 1. The average molecular weight is 906 g/mol. The molecule has 22 heteroatoms. The Hall–Kier alpha value is -5.97. The molecule has 2 aliphatic rings. The Balaban J connectivity index is 0.000000173. The van der Waals surface area contributed by atoms with Crippen molar-refractivity contribution < 1.29 is 37.5 Å². The van der Waals surface area contributed by atoms with E-state index in [0.29, 0.717) is 54.2 Å². The molecule has 0 atom stereocenters. The van der Waals surface area contributed by atoms with Crippen LogP contribution in [0.15, 0.2) is 83.7 Å². The van der Waals surface area contributed by atoms with Crippen molar-refractivity contribution in [1.29, 1.82) is 0 Å². The number of halogens is 1. The van der Waals surface area contributed by atoms with E-state index >= 15 is 0 Å². The fraction of sp³-hybridized carbons (Fsp3) is 0.410. The van der Waals surface area contributed by atoms with Crippen molar-refractivity contribution in [2.75, 3.05) is 47.4 Å². The van der Waals surface area contributed by atoms with Gasteiger partial charge in [0.2, 0.25) is 11.9 Å². The highest BCUT2D eigenvalue weighted by Crippen LogP contribution is 2.30. The van der Waals surface area contributed by atoms with E-state index in [9.17, 15) is 4.79 Å². The van der Waals surface area contributed by atoms with Crippen molar-refractivity contribution in [3.63, 3.8) is 0 Å². The van der Waals surface area contributed by atoms with Crippen LogP contribution >= 0.6 is 15.9 Å². The molecule has 6 aromatic heterocycles. The quantitative estimate of drug-likeness (QED) is 0.0779. The monoisotopic (exact) mass is 904 g/mol. The summed E-state index contributed by atoms with van der Waals surface area (Å²) in [6.45, 7) is 12.6. The van der Waals surface area contributed by atoms with Gasteiger partial charge in [-0.3, -0.25) is 0 Å². The molecule has 324 valence electrons. The predicted octanol–water partition coefficient (Wildman–Crippen LogP) is 5.99. The lowest BCUT2D eigenvalue weighted by Crippen LogP contribution is -2.44. The fourth-order valence-electron chi connectivity index (χ4n) is 6.10. The molecule has 2 aliphatic heterocycles. The highest BCUT2D eigenvalue weighted by atomic mass is 79.9. The molecule has 8 heterocycles. The van der Waals surface area contributed by atoms with Crippen molar-refractivity contribution in [2.24, 2.45) is 0 Å². The van der Waals surface area contributed by atoms with E-state index in [1.54, 1.807) is 41.8 Å². The number of ether oxygens (including phenoxy) is 1. The summed E-state index contributed by atoms with van der Waals surface area (Å²) in [5, 5.41) is 41.0. The first-order valence-corrected chi connectivity index (χ1v) is 20.5. The Morgan fingerprint density at radius 1 is 0.852 bits per heavy atom. The van der Waals surface area contributed by atoms with Gasteiger partial charge in [-0.05, 0) is 114 Å². The van der Waals surface area contributed by atoms with Crippen LogP contribution in [0.2, 0.25) is 0 Å². The smallest absolute Gasteiger partial charge is 0.473 e. The molecular weight excluding hydrogens is 855 g/mol. The van der Waals surface area contributed by atoms with Gasteiger partial charge in [-0.25, -0.2) is 14.8 Å². The standard InChI is InChI=1S/C18H25BrN6O3.C17H20N6O2.C4H5BO3/c1-11-9-14(24-28-11)22-16-20-10-13(19)15(23-16)21-12-5-7-25(8-6-12)17(26)27-18(2,3)4;1-11-9-15(23-25-11)21-17-19-10-13(14-3-2-8-24-14)16(22-17)20-12-4-6-18-7-5-12;6-5(7)4-2-1-3-8-4/h9-10,12H,5-8H2,1-4H3,(H2,20,21,22,23,24);2-3,8-10,12,18H,4-7H2,1H3,(H2,19,20,21,22,23);1-3,6-7H. The molecule has 2 fully saturated rings. The largest absolute Gasteiger partial charge is 0.526 e. The lowest BCUT2D eigenvalue weighted by molar-refractivity contribution is 0.0210. The van der Waals surface area contributed by atoms with Gasteiger partial charge in [-0.15, -0.1) is 0 Å². The molecule has 0 spiro atoms. The first-order valence-electron chi connectivity index (χ1n) is 19.7. The van der Waals surface area contributed by atoms with E-state index in [2.05, 4.69) is 77.2 Å². The van der Waals surface area contributed by atoms with Crippen LogP contribution in [0.3, 0.4) is 0 Å². The Kier molecular flexibility index (Phi) is 15.4. The summed E-state index contributed by atoms with van der Waals surface area (Å²) in [4.78, 5) is 31.7. The topological polar surface area (TPSA) is 260 Å². The molecule has 6 aromatic rings. The lowest BCUT2D eigenvalue weighted by Gasteiger charge is -2.34. The highest BCUT2D eigenvalue weighted by molar-refractivity contribution is 9.10. The van der Waals surface area contributed by atoms with E-state index in [4.69, 9.17) is 28.2 Å². The summed E-state index contributed by atoms with van der Waals surface area (Å²) in [5.41, 5.74) is 0.527. The second-order valence-corrected chi connectivity index (χ2v) is 16.0. The van der Waals surface area contributed by atoms with E-state index in [1.807, 2.05) is 46.8 Å². The number of hydrogen-bond donors (Lipinski definition) is 7. The van der Waals surface area contributed by atoms with Crippen molar-refractivity contribution in [3.8, 4) is 11.3 Å². The number of rotatable bonds is 10. The molecule has 1 amide bonds.